The smallest absolute Gasteiger partial charge is 0.0494 e. The van der Waals surface area contributed by atoms with Crippen LogP contribution in [0, 0.1) is 5.92 Å². The van der Waals surface area contributed by atoms with Gasteiger partial charge < -0.3 is 15.8 Å². The molecule has 13 heavy (non-hydrogen) atoms. The van der Waals surface area contributed by atoms with E-state index in [0.29, 0.717) is 0 Å². The first-order valence-electron chi connectivity index (χ1n) is 5.33. The van der Waals surface area contributed by atoms with E-state index in [9.17, 15) is 0 Å². The van der Waals surface area contributed by atoms with Crippen molar-refractivity contribution in [3.05, 3.63) is 0 Å². The Morgan fingerprint density at radius 2 is 2.31 bits per heavy atom. The lowest BCUT2D eigenvalue weighted by atomic mass is 10.3. The van der Waals surface area contributed by atoms with Crippen LogP contribution < -0.4 is 11.1 Å². The molecule has 3 heteroatoms. The average Bonchev–Trinajstić information content (AvgIpc) is 2.86. The third kappa shape index (κ3) is 6.99. The van der Waals surface area contributed by atoms with Crippen molar-refractivity contribution >= 4 is 0 Å². The van der Waals surface area contributed by atoms with Crippen LogP contribution in [0.2, 0.25) is 0 Å². The summed E-state index contributed by atoms with van der Waals surface area (Å²) in [6.07, 6.45) is 3.85. The molecule has 1 unspecified atom stereocenters. The summed E-state index contributed by atoms with van der Waals surface area (Å²) >= 11 is 0. The zero-order chi connectivity index (χ0) is 9.52. The fourth-order valence-electron chi connectivity index (χ4n) is 1.16. The lowest BCUT2D eigenvalue weighted by Crippen LogP contribution is -2.31. The number of ether oxygens (including phenoxy) is 1. The lowest BCUT2D eigenvalue weighted by Gasteiger charge is -2.07. The molecule has 1 atom stereocenters. The van der Waals surface area contributed by atoms with Crippen molar-refractivity contribution in [1.82, 2.24) is 5.32 Å². The molecule has 1 aliphatic rings. The second-order valence-electron chi connectivity index (χ2n) is 4.05. The van der Waals surface area contributed by atoms with Crippen LogP contribution in [0.1, 0.15) is 26.2 Å². The Morgan fingerprint density at radius 3 is 2.92 bits per heavy atom. The van der Waals surface area contributed by atoms with E-state index in [0.717, 1.165) is 38.6 Å². The van der Waals surface area contributed by atoms with Gasteiger partial charge in [0.1, 0.15) is 0 Å². The highest BCUT2D eigenvalue weighted by Gasteiger charge is 2.20. The van der Waals surface area contributed by atoms with Crippen LogP contribution in [-0.4, -0.2) is 32.3 Å². The van der Waals surface area contributed by atoms with Crippen molar-refractivity contribution in [3.63, 3.8) is 0 Å². The normalized spacial score (nSPS) is 18.9. The fourth-order valence-corrected chi connectivity index (χ4v) is 1.16. The van der Waals surface area contributed by atoms with Crippen molar-refractivity contribution in [3.8, 4) is 0 Å². The fraction of sp³-hybridized carbons (Fsp3) is 1.00. The van der Waals surface area contributed by atoms with E-state index < -0.39 is 0 Å². The minimum atomic E-state index is 0.257. The molecule has 1 saturated carbocycles. The summed E-state index contributed by atoms with van der Waals surface area (Å²) in [4.78, 5) is 0. The Hall–Kier alpha value is -0.120. The number of hydrogen-bond acceptors (Lipinski definition) is 3. The maximum absolute atomic E-state index is 5.59. The third-order valence-corrected chi connectivity index (χ3v) is 2.16. The van der Waals surface area contributed by atoms with Gasteiger partial charge in [-0.3, -0.25) is 0 Å². The summed E-state index contributed by atoms with van der Waals surface area (Å²) in [6, 6.07) is 0.257. The van der Waals surface area contributed by atoms with Gasteiger partial charge in [-0.25, -0.2) is 0 Å². The molecule has 3 N–H and O–H groups in total. The standard InChI is InChI=1S/C10H22N2O/c1-9(11)7-12-5-2-6-13-8-10-3-4-10/h9-10,12H,2-8,11H2,1H3. The molecule has 0 radical (unpaired) electrons. The third-order valence-electron chi connectivity index (χ3n) is 2.16. The molecule has 3 nitrogen and oxygen atoms in total. The molecule has 1 aliphatic carbocycles. The van der Waals surface area contributed by atoms with Gasteiger partial charge in [-0.15, -0.1) is 0 Å². The van der Waals surface area contributed by atoms with E-state index in [2.05, 4.69) is 5.32 Å². The van der Waals surface area contributed by atoms with E-state index in [1.807, 2.05) is 6.92 Å². The van der Waals surface area contributed by atoms with Gasteiger partial charge in [0.2, 0.25) is 0 Å². The molecule has 0 saturated heterocycles. The Balaban J connectivity index is 1.68. The van der Waals surface area contributed by atoms with Crippen molar-refractivity contribution in [2.45, 2.75) is 32.2 Å². The molecule has 1 rings (SSSR count). The van der Waals surface area contributed by atoms with Crippen LogP contribution in [0.25, 0.3) is 0 Å². The van der Waals surface area contributed by atoms with Crippen LogP contribution in [0.5, 0.6) is 0 Å². The summed E-state index contributed by atoms with van der Waals surface area (Å²) in [5, 5.41) is 3.28. The van der Waals surface area contributed by atoms with Gasteiger partial charge in [0.25, 0.3) is 0 Å². The first kappa shape index (κ1) is 11.0. The second kappa shape index (κ2) is 6.35. The predicted octanol–water partition coefficient (Wildman–Crippen LogP) is 0.740. The highest BCUT2D eigenvalue weighted by molar-refractivity contribution is 4.71. The monoisotopic (exact) mass is 186 g/mol. The van der Waals surface area contributed by atoms with Crippen LogP contribution in [0.4, 0.5) is 0 Å². The number of hydrogen-bond donors (Lipinski definition) is 2. The molecule has 78 valence electrons. The highest BCUT2D eigenvalue weighted by atomic mass is 16.5. The summed E-state index contributed by atoms with van der Waals surface area (Å²) in [7, 11) is 0. The van der Waals surface area contributed by atoms with Crippen LogP contribution in [0.15, 0.2) is 0 Å². The molecular formula is C10H22N2O. The molecule has 0 amide bonds. The number of nitrogens with two attached hydrogens (primary N) is 1. The maximum Gasteiger partial charge on any atom is 0.0494 e. The summed E-state index contributed by atoms with van der Waals surface area (Å²) in [6.45, 7) is 5.81. The minimum absolute atomic E-state index is 0.257. The topological polar surface area (TPSA) is 47.3 Å². The van der Waals surface area contributed by atoms with Gasteiger partial charge in [-0.1, -0.05) is 0 Å². The molecule has 1 fully saturated rings. The molecule has 0 aromatic rings. The first-order chi connectivity index (χ1) is 6.29. The largest absolute Gasteiger partial charge is 0.381 e. The molecule has 0 spiro atoms. The Bertz CT molecular complexity index is 118. The van der Waals surface area contributed by atoms with Crippen LogP contribution in [0.3, 0.4) is 0 Å². The first-order valence-corrected chi connectivity index (χ1v) is 5.33. The molecule has 0 aromatic heterocycles. The average molecular weight is 186 g/mol. The van der Waals surface area contributed by atoms with Crippen molar-refractivity contribution in [2.75, 3.05) is 26.3 Å². The molecule has 0 aromatic carbocycles. The highest BCUT2D eigenvalue weighted by Crippen LogP contribution is 2.28. The van der Waals surface area contributed by atoms with Gasteiger partial charge in [0.05, 0.1) is 0 Å². The van der Waals surface area contributed by atoms with Crippen molar-refractivity contribution in [2.24, 2.45) is 11.7 Å². The molecule has 0 heterocycles. The van der Waals surface area contributed by atoms with E-state index in [-0.39, 0.29) is 6.04 Å². The molecule has 0 aliphatic heterocycles. The van der Waals surface area contributed by atoms with Crippen LogP contribution in [-0.2, 0) is 4.74 Å². The van der Waals surface area contributed by atoms with E-state index in [4.69, 9.17) is 10.5 Å². The lowest BCUT2D eigenvalue weighted by molar-refractivity contribution is 0.122. The molecular weight excluding hydrogens is 164 g/mol. The maximum atomic E-state index is 5.59. The summed E-state index contributed by atoms with van der Waals surface area (Å²) < 4.78 is 5.49. The van der Waals surface area contributed by atoms with Gasteiger partial charge in [-0.2, -0.15) is 0 Å². The van der Waals surface area contributed by atoms with Crippen molar-refractivity contribution < 1.29 is 4.74 Å². The van der Waals surface area contributed by atoms with E-state index in [1.54, 1.807) is 0 Å². The zero-order valence-corrected chi connectivity index (χ0v) is 8.59. The number of nitrogens with one attached hydrogen (secondary N) is 1. The van der Waals surface area contributed by atoms with E-state index >= 15 is 0 Å². The minimum Gasteiger partial charge on any atom is -0.381 e. The van der Waals surface area contributed by atoms with Gasteiger partial charge in [0, 0.05) is 25.8 Å². The van der Waals surface area contributed by atoms with Gasteiger partial charge >= 0.3 is 0 Å². The van der Waals surface area contributed by atoms with Gasteiger partial charge in [-0.05, 0) is 38.6 Å². The molecule has 0 bridgehead atoms. The Labute approximate surface area is 81.0 Å². The van der Waals surface area contributed by atoms with Gasteiger partial charge in [0.15, 0.2) is 0 Å². The predicted molar refractivity (Wildman–Crippen MR) is 54.7 cm³/mol. The summed E-state index contributed by atoms with van der Waals surface area (Å²) in [5.74, 6) is 0.886. The van der Waals surface area contributed by atoms with Crippen LogP contribution >= 0.6 is 0 Å². The second-order valence-corrected chi connectivity index (χ2v) is 4.05. The Morgan fingerprint density at radius 1 is 1.54 bits per heavy atom. The zero-order valence-electron chi connectivity index (χ0n) is 8.59. The summed E-state index contributed by atoms with van der Waals surface area (Å²) in [5.41, 5.74) is 5.59. The SMILES string of the molecule is CC(N)CNCCCOCC1CC1. The Kier molecular flexibility index (Phi) is 5.35. The number of rotatable bonds is 8. The quantitative estimate of drug-likeness (QED) is 0.550. The van der Waals surface area contributed by atoms with E-state index in [1.165, 1.54) is 12.8 Å². The van der Waals surface area contributed by atoms with Crippen molar-refractivity contribution in [1.29, 1.82) is 0 Å².